The third-order valence-corrected chi connectivity index (χ3v) is 2.47. The zero-order chi connectivity index (χ0) is 12.3. The Morgan fingerprint density at radius 3 is 2.33 bits per heavy atom. The molecule has 0 aliphatic heterocycles. The fraction of sp³-hybridized carbons (Fsp3) is 0.0667. The van der Waals surface area contributed by atoms with Gasteiger partial charge in [-0.15, -0.1) is 6.07 Å². The number of rotatable bonds is 2. The van der Waals surface area contributed by atoms with Gasteiger partial charge in [0.1, 0.15) is 0 Å². The third kappa shape index (κ3) is 3.10. The van der Waals surface area contributed by atoms with Crippen LogP contribution in [0.1, 0.15) is 12.5 Å². The van der Waals surface area contributed by atoms with E-state index in [9.17, 15) is 8.78 Å². The largest absolute Gasteiger partial charge is 1.00 e. The molecular formula is C15H11F2Li. The first kappa shape index (κ1) is 14.7. The van der Waals surface area contributed by atoms with Crippen molar-refractivity contribution in [2.75, 3.05) is 0 Å². The number of hydrogen-bond donors (Lipinski definition) is 0. The van der Waals surface area contributed by atoms with Gasteiger partial charge in [0.05, 0.1) is 5.82 Å². The molecule has 2 aromatic carbocycles. The summed E-state index contributed by atoms with van der Waals surface area (Å²) in [5.74, 6) is -1.80. The van der Waals surface area contributed by atoms with Crippen molar-refractivity contribution in [3.63, 3.8) is 0 Å². The second-order valence-electron chi connectivity index (χ2n) is 3.64. The quantitative estimate of drug-likeness (QED) is 0.547. The molecule has 86 valence electrons. The summed E-state index contributed by atoms with van der Waals surface area (Å²) in [6, 6.07) is 12.4. The van der Waals surface area contributed by atoms with Gasteiger partial charge in [-0.1, -0.05) is 42.0 Å². The summed E-state index contributed by atoms with van der Waals surface area (Å²) in [6.45, 7) is 1.93. The molecule has 2 rings (SSSR count). The van der Waals surface area contributed by atoms with Crippen LogP contribution in [0.5, 0.6) is 0 Å². The molecule has 0 atom stereocenters. The van der Waals surface area contributed by atoms with Crippen LogP contribution in [0.3, 0.4) is 0 Å². The van der Waals surface area contributed by atoms with Gasteiger partial charge in [0.15, 0.2) is 0 Å². The molecule has 0 unspecified atom stereocenters. The van der Waals surface area contributed by atoms with Crippen molar-refractivity contribution < 1.29 is 27.6 Å². The first-order valence-electron chi connectivity index (χ1n) is 5.31. The maximum absolute atomic E-state index is 13.5. The van der Waals surface area contributed by atoms with Crippen LogP contribution in [0.4, 0.5) is 8.78 Å². The summed E-state index contributed by atoms with van der Waals surface area (Å²) in [7, 11) is 0. The van der Waals surface area contributed by atoms with Crippen molar-refractivity contribution in [1.82, 2.24) is 0 Å². The Balaban J connectivity index is 0.00000162. The van der Waals surface area contributed by atoms with Crippen molar-refractivity contribution in [3.05, 3.63) is 65.7 Å². The number of hydrogen-bond acceptors (Lipinski definition) is 0. The molecule has 0 bridgehead atoms. The van der Waals surface area contributed by atoms with Gasteiger partial charge in [0, 0.05) is 5.82 Å². The van der Waals surface area contributed by atoms with Gasteiger partial charge in [-0.05, 0) is 18.1 Å². The SMILES string of the molecule is CC=Cc1ccc(-c2cc[c-]c(F)c2F)cc1.[Li+]. The topological polar surface area (TPSA) is 0 Å². The van der Waals surface area contributed by atoms with Gasteiger partial charge in [-0.25, -0.2) is 4.39 Å². The first-order valence-corrected chi connectivity index (χ1v) is 5.31. The Morgan fingerprint density at radius 1 is 1.06 bits per heavy atom. The van der Waals surface area contributed by atoms with Gasteiger partial charge in [-0.2, -0.15) is 12.1 Å². The molecule has 0 saturated heterocycles. The molecule has 0 aromatic heterocycles. The summed E-state index contributed by atoms with van der Waals surface area (Å²) < 4.78 is 26.5. The molecule has 0 radical (unpaired) electrons. The Bertz CT molecular complexity index is 545. The van der Waals surface area contributed by atoms with E-state index in [-0.39, 0.29) is 24.4 Å². The van der Waals surface area contributed by atoms with Crippen LogP contribution in [0.15, 0.2) is 42.5 Å². The summed E-state index contributed by atoms with van der Waals surface area (Å²) in [5, 5.41) is 0. The van der Waals surface area contributed by atoms with E-state index in [1.165, 1.54) is 12.1 Å². The molecule has 2 aromatic rings. The van der Waals surface area contributed by atoms with Gasteiger partial charge < -0.3 is 0 Å². The van der Waals surface area contributed by atoms with E-state index in [1.807, 2.05) is 31.2 Å². The zero-order valence-corrected chi connectivity index (χ0v) is 10.4. The Labute approximate surface area is 118 Å². The molecule has 18 heavy (non-hydrogen) atoms. The van der Waals surface area contributed by atoms with E-state index >= 15 is 0 Å². The van der Waals surface area contributed by atoms with Crippen LogP contribution in [-0.2, 0) is 0 Å². The maximum Gasteiger partial charge on any atom is 1.00 e. The van der Waals surface area contributed by atoms with Gasteiger partial charge in [0.25, 0.3) is 0 Å². The summed E-state index contributed by atoms with van der Waals surface area (Å²) in [5.41, 5.74) is 1.94. The van der Waals surface area contributed by atoms with Crippen LogP contribution in [-0.4, -0.2) is 0 Å². The van der Waals surface area contributed by atoms with E-state index in [2.05, 4.69) is 6.07 Å². The minimum atomic E-state index is -0.944. The average molecular weight is 236 g/mol. The van der Waals surface area contributed by atoms with E-state index < -0.39 is 11.6 Å². The molecule has 0 amide bonds. The molecule has 0 saturated carbocycles. The second kappa shape index (κ2) is 6.54. The molecule has 3 heteroatoms. The van der Waals surface area contributed by atoms with Crippen molar-refractivity contribution in [3.8, 4) is 11.1 Å². The van der Waals surface area contributed by atoms with Gasteiger partial charge in [0.2, 0.25) is 0 Å². The van der Waals surface area contributed by atoms with Crippen LogP contribution < -0.4 is 18.9 Å². The Kier molecular flexibility index (Phi) is 5.34. The molecular weight excluding hydrogens is 225 g/mol. The van der Waals surface area contributed by atoms with Crippen molar-refractivity contribution in [2.24, 2.45) is 0 Å². The van der Waals surface area contributed by atoms with Crippen LogP contribution >= 0.6 is 0 Å². The molecule has 0 aliphatic carbocycles. The van der Waals surface area contributed by atoms with Gasteiger partial charge in [-0.3, -0.25) is 4.39 Å². The van der Waals surface area contributed by atoms with E-state index in [4.69, 9.17) is 0 Å². The number of allylic oxidation sites excluding steroid dienone is 1. The van der Waals surface area contributed by atoms with Crippen molar-refractivity contribution in [2.45, 2.75) is 6.92 Å². The van der Waals surface area contributed by atoms with Crippen molar-refractivity contribution >= 4 is 6.08 Å². The molecule has 0 heterocycles. The van der Waals surface area contributed by atoms with E-state index in [0.717, 1.165) is 5.56 Å². The standard InChI is InChI=1S/C15H11F2.Li/c1-2-4-11-7-9-12(10-8-11)13-5-3-6-14(16)15(13)17;/h2-5,7-10H,1H3;/q-1;+1. The van der Waals surface area contributed by atoms with E-state index in [0.29, 0.717) is 5.56 Å². The minimum absolute atomic E-state index is 0. The minimum Gasteiger partial charge on any atom is -0.281 e. The molecule has 0 spiro atoms. The normalized spacial score (nSPS) is 10.4. The first-order chi connectivity index (χ1) is 8.22. The molecule has 0 fully saturated rings. The Hall–Kier alpha value is -1.36. The monoisotopic (exact) mass is 236 g/mol. The third-order valence-electron chi connectivity index (χ3n) is 2.47. The van der Waals surface area contributed by atoms with Crippen LogP contribution in [0.2, 0.25) is 0 Å². The zero-order valence-electron chi connectivity index (χ0n) is 10.4. The summed E-state index contributed by atoms with van der Waals surface area (Å²) in [4.78, 5) is 0. The summed E-state index contributed by atoms with van der Waals surface area (Å²) in [6.07, 6.45) is 3.87. The molecule has 0 aliphatic rings. The van der Waals surface area contributed by atoms with E-state index in [1.54, 1.807) is 12.1 Å². The predicted octanol–water partition coefficient (Wildman–Crippen LogP) is 1.47. The summed E-state index contributed by atoms with van der Waals surface area (Å²) >= 11 is 0. The molecule has 0 nitrogen and oxygen atoms in total. The molecule has 0 N–H and O–H groups in total. The van der Waals surface area contributed by atoms with Gasteiger partial charge >= 0.3 is 18.9 Å². The smallest absolute Gasteiger partial charge is 0.281 e. The fourth-order valence-corrected chi connectivity index (χ4v) is 1.64. The average Bonchev–Trinajstić information content (AvgIpc) is 2.34. The van der Waals surface area contributed by atoms with Crippen molar-refractivity contribution in [1.29, 1.82) is 0 Å². The number of halogens is 2. The maximum atomic E-state index is 13.5. The number of benzene rings is 2. The second-order valence-corrected chi connectivity index (χ2v) is 3.64. The van der Waals surface area contributed by atoms with Crippen LogP contribution in [0.25, 0.3) is 17.2 Å². The van der Waals surface area contributed by atoms with Crippen LogP contribution in [0, 0.1) is 17.7 Å². The fourth-order valence-electron chi connectivity index (χ4n) is 1.64. The Morgan fingerprint density at radius 2 is 1.72 bits per heavy atom. The predicted molar refractivity (Wildman–Crippen MR) is 65.3 cm³/mol.